The summed E-state index contributed by atoms with van der Waals surface area (Å²) >= 11 is 0. The van der Waals surface area contributed by atoms with E-state index in [0.29, 0.717) is 29.9 Å². The quantitative estimate of drug-likeness (QED) is 0.275. The molecule has 4 heterocycles. The molecule has 40 heavy (non-hydrogen) atoms. The van der Waals surface area contributed by atoms with Gasteiger partial charge in [0, 0.05) is 60.5 Å². The lowest BCUT2D eigenvalue weighted by molar-refractivity contribution is 0.0674. The molecule has 204 valence electrons. The van der Waals surface area contributed by atoms with Crippen LogP contribution < -0.4 is 15.2 Å². The van der Waals surface area contributed by atoms with Crippen LogP contribution in [-0.4, -0.2) is 37.9 Å². The molecule has 9 nitrogen and oxygen atoms in total. The molecule has 0 bridgehead atoms. The van der Waals surface area contributed by atoms with Crippen molar-refractivity contribution in [2.24, 2.45) is 0 Å². The Morgan fingerprint density at radius 1 is 0.975 bits per heavy atom. The van der Waals surface area contributed by atoms with E-state index in [1.165, 1.54) is 30.6 Å². The Balaban J connectivity index is 1.26. The molecule has 0 radical (unpaired) electrons. The number of nitrogen functional groups attached to an aromatic ring is 1. The second kappa shape index (κ2) is 10.9. The maximum atomic E-state index is 15.5. The van der Waals surface area contributed by atoms with Crippen molar-refractivity contribution in [3.63, 3.8) is 0 Å². The molecule has 1 aliphatic heterocycles. The summed E-state index contributed by atoms with van der Waals surface area (Å²) in [4.78, 5) is 12.7. The lowest BCUT2D eigenvalue weighted by Crippen LogP contribution is -2.20. The standard InChI is InChI=1S/C29H26F2N6O3/c1-17-2-3-18(14-33-17)15-39-22-10-19(30)11-23(12-22)40-21-4-5-24(25(31)13-21)27-26-28(32)34-16-35-29(26)37(36-27)20-6-8-38-9-7-20/h2-5,10-14,16,20H,6-9,15H2,1H3,(H2,32,34,35). The Bertz CT molecular complexity index is 1670. The van der Waals surface area contributed by atoms with Crippen molar-refractivity contribution in [3.05, 3.63) is 83.9 Å². The molecule has 3 aromatic heterocycles. The zero-order valence-corrected chi connectivity index (χ0v) is 21.7. The molecule has 0 aliphatic carbocycles. The number of aromatic nitrogens is 5. The van der Waals surface area contributed by atoms with Crippen LogP contribution in [0.15, 0.2) is 61.1 Å². The zero-order chi connectivity index (χ0) is 27.6. The highest BCUT2D eigenvalue weighted by Crippen LogP contribution is 2.37. The van der Waals surface area contributed by atoms with E-state index in [1.807, 2.05) is 19.1 Å². The molecule has 0 spiro atoms. The van der Waals surface area contributed by atoms with Crippen molar-refractivity contribution in [1.29, 1.82) is 0 Å². The minimum Gasteiger partial charge on any atom is -0.489 e. The van der Waals surface area contributed by atoms with Gasteiger partial charge >= 0.3 is 0 Å². The molecule has 1 aliphatic rings. The van der Waals surface area contributed by atoms with Crippen LogP contribution in [-0.2, 0) is 11.3 Å². The monoisotopic (exact) mass is 544 g/mol. The predicted octanol–water partition coefficient (Wildman–Crippen LogP) is 5.78. The van der Waals surface area contributed by atoms with Crippen molar-refractivity contribution in [3.8, 4) is 28.5 Å². The Labute approximate surface area is 228 Å². The summed E-state index contributed by atoms with van der Waals surface area (Å²) in [6.45, 7) is 3.32. The number of hydrogen-bond donors (Lipinski definition) is 1. The third-order valence-electron chi connectivity index (χ3n) is 6.71. The molecule has 2 aromatic carbocycles. The second-order valence-corrected chi connectivity index (χ2v) is 9.56. The highest BCUT2D eigenvalue weighted by atomic mass is 19.1. The first-order valence-corrected chi connectivity index (χ1v) is 12.8. The summed E-state index contributed by atoms with van der Waals surface area (Å²) in [5, 5.41) is 5.20. The molecular weight excluding hydrogens is 518 g/mol. The average Bonchev–Trinajstić information content (AvgIpc) is 3.34. The van der Waals surface area contributed by atoms with Crippen molar-refractivity contribution in [2.75, 3.05) is 18.9 Å². The lowest BCUT2D eigenvalue weighted by atomic mass is 10.1. The maximum absolute atomic E-state index is 15.5. The van der Waals surface area contributed by atoms with E-state index in [0.717, 1.165) is 24.1 Å². The van der Waals surface area contributed by atoms with Gasteiger partial charge in [-0.1, -0.05) is 6.07 Å². The van der Waals surface area contributed by atoms with Crippen molar-refractivity contribution in [1.82, 2.24) is 24.7 Å². The molecule has 2 N–H and O–H groups in total. The van der Waals surface area contributed by atoms with Crippen LogP contribution in [0.2, 0.25) is 0 Å². The van der Waals surface area contributed by atoms with Crippen LogP contribution in [0.3, 0.4) is 0 Å². The Hall–Kier alpha value is -4.64. The van der Waals surface area contributed by atoms with Gasteiger partial charge in [-0.25, -0.2) is 23.4 Å². The van der Waals surface area contributed by atoms with E-state index >= 15 is 4.39 Å². The Morgan fingerprint density at radius 2 is 1.80 bits per heavy atom. The molecule has 1 fully saturated rings. The number of fused-ring (bicyclic) bond motifs is 1. The number of nitrogens with two attached hydrogens (primary N) is 1. The summed E-state index contributed by atoms with van der Waals surface area (Å²) in [6, 6.07) is 12.2. The number of pyridine rings is 1. The minimum absolute atomic E-state index is 0.0524. The Morgan fingerprint density at radius 3 is 2.58 bits per heavy atom. The first-order valence-electron chi connectivity index (χ1n) is 12.8. The van der Waals surface area contributed by atoms with Crippen LogP contribution in [0, 0.1) is 18.6 Å². The maximum Gasteiger partial charge on any atom is 0.164 e. The van der Waals surface area contributed by atoms with E-state index in [4.69, 9.17) is 25.0 Å². The van der Waals surface area contributed by atoms with Gasteiger partial charge in [0.2, 0.25) is 0 Å². The molecule has 0 atom stereocenters. The fraction of sp³-hybridized carbons (Fsp3) is 0.241. The smallest absolute Gasteiger partial charge is 0.164 e. The highest BCUT2D eigenvalue weighted by Gasteiger charge is 2.25. The van der Waals surface area contributed by atoms with Gasteiger partial charge in [-0.05, 0) is 38.0 Å². The van der Waals surface area contributed by atoms with Crippen LogP contribution in [0.25, 0.3) is 22.3 Å². The van der Waals surface area contributed by atoms with E-state index in [9.17, 15) is 4.39 Å². The number of nitrogens with zero attached hydrogens (tertiary/aromatic N) is 5. The molecule has 5 aromatic rings. The van der Waals surface area contributed by atoms with Gasteiger partial charge in [-0.15, -0.1) is 0 Å². The van der Waals surface area contributed by atoms with Gasteiger partial charge in [0.1, 0.15) is 53.3 Å². The molecule has 11 heteroatoms. The number of ether oxygens (including phenoxy) is 3. The number of rotatable bonds is 7. The van der Waals surface area contributed by atoms with E-state index in [-0.39, 0.29) is 41.3 Å². The average molecular weight is 545 g/mol. The molecule has 0 amide bonds. The van der Waals surface area contributed by atoms with Crippen LogP contribution in [0.5, 0.6) is 17.2 Å². The van der Waals surface area contributed by atoms with Gasteiger partial charge in [0.15, 0.2) is 5.65 Å². The van der Waals surface area contributed by atoms with Crippen LogP contribution in [0.1, 0.15) is 30.1 Å². The van der Waals surface area contributed by atoms with Gasteiger partial charge in [0.25, 0.3) is 0 Å². The van der Waals surface area contributed by atoms with E-state index in [1.54, 1.807) is 23.0 Å². The van der Waals surface area contributed by atoms with E-state index < -0.39 is 11.6 Å². The summed E-state index contributed by atoms with van der Waals surface area (Å²) in [6.07, 6.45) is 4.60. The first-order chi connectivity index (χ1) is 19.4. The normalized spacial score (nSPS) is 14.0. The molecule has 1 saturated heterocycles. The van der Waals surface area contributed by atoms with Crippen molar-refractivity contribution < 1.29 is 23.0 Å². The Kier molecular flexibility index (Phi) is 6.95. The van der Waals surface area contributed by atoms with Crippen LogP contribution >= 0.6 is 0 Å². The molecular formula is C29H26F2N6O3. The highest BCUT2D eigenvalue weighted by molar-refractivity contribution is 5.98. The van der Waals surface area contributed by atoms with Crippen LogP contribution in [0.4, 0.5) is 14.6 Å². The fourth-order valence-corrected chi connectivity index (χ4v) is 4.69. The molecule has 0 saturated carbocycles. The minimum atomic E-state index is -0.584. The topological polar surface area (TPSA) is 110 Å². The van der Waals surface area contributed by atoms with Gasteiger partial charge in [0.05, 0.1) is 11.4 Å². The third-order valence-corrected chi connectivity index (χ3v) is 6.71. The zero-order valence-electron chi connectivity index (χ0n) is 21.7. The first kappa shape index (κ1) is 25.6. The van der Waals surface area contributed by atoms with Gasteiger partial charge in [-0.3, -0.25) is 4.98 Å². The summed E-state index contributed by atoms with van der Waals surface area (Å²) in [7, 11) is 0. The van der Waals surface area contributed by atoms with Gasteiger partial charge < -0.3 is 19.9 Å². The third kappa shape index (κ3) is 5.28. The van der Waals surface area contributed by atoms with Crippen molar-refractivity contribution in [2.45, 2.75) is 32.4 Å². The molecule has 6 rings (SSSR count). The summed E-state index contributed by atoms with van der Waals surface area (Å²) in [5.74, 6) is -0.305. The number of benzene rings is 2. The fourth-order valence-electron chi connectivity index (χ4n) is 4.69. The van der Waals surface area contributed by atoms with E-state index in [2.05, 4.69) is 15.0 Å². The number of aryl methyl sites for hydroxylation is 1. The summed E-state index contributed by atoms with van der Waals surface area (Å²) in [5.41, 5.74) is 9.03. The SMILES string of the molecule is Cc1ccc(COc2cc(F)cc(Oc3ccc(-c4nn(C5CCOCC5)c5ncnc(N)c45)c(F)c3)c2)cn1. The number of anilines is 1. The summed E-state index contributed by atoms with van der Waals surface area (Å²) < 4.78 is 48.6. The molecule has 0 unspecified atom stereocenters. The predicted molar refractivity (Wildman–Crippen MR) is 144 cm³/mol. The second-order valence-electron chi connectivity index (χ2n) is 9.56. The largest absolute Gasteiger partial charge is 0.489 e. The number of hydrogen-bond acceptors (Lipinski definition) is 8. The number of halogens is 2. The van der Waals surface area contributed by atoms with Gasteiger partial charge in [-0.2, -0.15) is 5.10 Å². The van der Waals surface area contributed by atoms with Crippen molar-refractivity contribution >= 4 is 16.9 Å². The lowest BCUT2D eigenvalue weighted by Gasteiger charge is -2.22.